The third-order valence-corrected chi connectivity index (χ3v) is 1.93. The zero-order chi connectivity index (χ0) is 14.0. The minimum absolute atomic E-state index is 0.468. The number of urea groups is 1. The second kappa shape index (κ2) is 9.17. The molecule has 18 heavy (non-hydrogen) atoms. The number of hydrogen-bond donors (Lipinski definition) is 3. The number of unbranched alkanes of at least 4 members (excludes halogenated alkanes) is 1. The summed E-state index contributed by atoms with van der Waals surface area (Å²) in [6.45, 7) is 1.40. The molecule has 0 spiro atoms. The van der Waals surface area contributed by atoms with Gasteiger partial charge in [-0.15, -0.1) is 0 Å². The van der Waals surface area contributed by atoms with E-state index in [4.69, 9.17) is 5.11 Å². The van der Waals surface area contributed by atoms with E-state index < -0.39 is 17.9 Å². The van der Waals surface area contributed by atoms with E-state index in [9.17, 15) is 14.4 Å². The lowest BCUT2D eigenvalue weighted by molar-refractivity contribution is -0.131. The van der Waals surface area contributed by atoms with Crippen LogP contribution in [-0.2, 0) is 9.59 Å². The van der Waals surface area contributed by atoms with Crippen molar-refractivity contribution in [2.24, 2.45) is 0 Å². The van der Waals surface area contributed by atoms with Gasteiger partial charge in [-0.3, -0.25) is 10.1 Å². The van der Waals surface area contributed by atoms with E-state index in [1.807, 2.05) is 24.3 Å². The minimum Gasteiger partial charge on any atom is -0.478 e. The number of imide groups is 1. The molecule has 3 amide bonds. The van der Waals surface area contributed by atoms with Gasteiger partial charge in [0.15, 0.2) is 0 Å². The molecule has 0 aliphatic heterocycles. The number of carboxylic acids is 1. The molecule has 0 fully saturated rings. The molecule has 7 nitrogen and oxygen atoms in total. The molecule has 0 radical (unpaired) electrons. The SMILES string of the molecule is CN(C)CCCCNC(=O)NC(=O)C=CC(=O)O. The lowest BCUT2D eigenvalue weighted by atomic mass is 10.3. The van der Waals surface area contributed by atoms with Gasteiger partial charge in [0.25, 0.3) is 5.91 Å². The lowest BCUT2D eigenvalue weighted by Crippen LogP contribution is -2.39. The van der Waals surface area contributed by atoms with Crippen molar-refractivity contribution in [3.63, 3.8) is 0 Å². The van der Waals surface area contributed by atoms with Crippen molar-refractivity contribution in [1.29, 1.82) is 0 Å². The van der Waals surface area contributed by atoms with Gasteiger partial charge in [0, 0.05) is 18.7 Å². The van der Waals surface area contributed by atoms with Crippen molar-refractivity contribution >= 4 is 17.9 Å². The minimum atomic E-state index is -1.24. The molecule has 0 bridgehead atoms. The second-order valence-electron chi connectivity index (χ2n) is 3.93. The average Bonchev–Trinajstić information content (AvgIpc) is 2.25. The molecule has 0 saturated carbocycles. The van der Waals surface area contributed by atoms with Crippen LogP contribution in [0.15, 0.2) is 12.2 Å². The molecule has 7 heteroatoms. The Morgan fingerprint density at radius 3 is 2.39 bits per heavy atom. The van der Waals surface area contributed by atoms with Crippen LogP contribution >= 0.6 is 0 Å². The van der Waals surface area contributed by atoms with Crippen LogP contribution in [0.4, 0.5) is 4.79 Å². The highest BCUT2D eigenvalue weighted by atomic mass is 16.4. The van der Waals surface area contributed by atoms with Crippen LogP contribution in [0, 0.1) is 0 Å². The molecule has 0 aromatic carbocycles. The number of hydrogen-bond acceptors (Lipinski definition) is 4. The van der Waals surface area contributed by atoms with Crippen LogP contribution in [0.25, 0.3) is 0 Å². The van der Waals surface area contributed by atoms with Gasteiger partial charge in [0.1, 0.15) is 0 Å². The molecule has 0 unspecified atom stereocenters. The summed E-state index contributed by atoms with van der Waals surface area (Å²) < 4.78 is 0. The first kappa shape index (κ1) is 16.1. The maximum atomic E-state index is 11.2. The van der Waals surface area contributed by atoms with Crippen molar-refractivity contribution in [3.8, 4) is 0 Å². The Labute approximate surface area is 106 Å². The number of carboxylic acid groups (broad SMARTS) is 1. The number of carbonyl (C=O) groups excluding carboxylic acids is 2. The predicted octanol–water partition coefficient (Wildman–Crippen LogP) is -0.205. The van der Waals surface area contributed by atoms with E-state index >= 15 is 0 Å². The molecule has 0 rings (SSSR count). The maximum absolute atomic E-state index is 11.2. The van der Waals surface area contributed by atoms with Crippen LogP contribution in [0.1, 0.15) is 12.8 Å². The molecule has 102 valence electrons. The Balaban J connectivity index is 3.65. The highest BCUT2D eigenvalue weighted by Crippen LogP contribution is 1.88. The van der Waals surface area contributed by atoms with Crippen molar-refractivity contribution in [3.05, 3.63) is 12.2 Å². The van der Waals surface area contributed by atoms with Gasteiger partial charge in [-0.25, -0.2) is 9.59 Å². The topological polar surface area (TPSA) is 98.7 Å². The first-order valence-corrected chi connectivity index (χ1v) is 5.56. The quantitative estimate of drug-likeness (QED) is 0.433. The Kier molecular flexibility index (Phi) is 8.21. The van der Waals surface area contributed by atoms with Gasteiger partial charge >= 0.3 is 12.0 Å². The Hall–Kier alpha value is -1.89. The summed E-state index contributed by atoms with van der Waals surface area (Å²) in [5, 5.41) is 12.8. The summed E-state index contributed by atoms with van der Waals surface area (Å²) in [6.07, 6.45) is 3.21. The largest absolute Gasteiger partial charge is 0.478 e. The molecule has 3 N–H and O–H groups in total. The maximum Gasteiger partial charge on any atom is 0.328 e. The summed E-state index contributed by atoms with van der Waals surface area (Å²) in [7, 11) is 3.93. The van der Waals surface area contributed by atoms with Crippen LogP contribution in [0.5, 0.6) is 0 Å². The highest BCUT2D eigenvalue weighted by Gasteiger charge is 2.03. The number of nitrogens with zero attached hydrogens (tertiary/aromatic N) is 1. The first-order chi connectivity index (χ1) is 8.41. The molecule has 0 aromatic rings. The third-order valence-electron chi connectivity index (χ3n) is 1.93. The molecule has 0 aromatic heterocycles. The van der Waals surface area contributed by atoms with E-state index in [1.54, 1.807) is 0 Å². The predicted molar refractivity (Wildman–Crippen MR) is 66.1 cm³/mol. The third kappa shape index (κ3) is 10.6. The molecule has 0 aliphatic rings. The lowest BCUT2D eigenvalue weighted by Gasteiger charge is -2.09. The molecule has 0 atom stereocenters. The smallest absolute Gasteiger partial charge is 0.328 e. The summed E-state index contributed by atoms with van der Waals surface area (Å²) in [5.41, 5.74) is 0. The summed E-state index contributed by atoms with van der Waals surface area (Å²) >= 11 is 0. The van der Waals surface area contributed by atoms with E-state index in [0.717, 1.165) is 25.5 Å². The number of nitrogens with one attached hydrogen (secondary N) is 2. The fraction of sp³-hybridized carbons (Fsp3) is 0.545. The average molecular weight is 257 g/mol. The standard InChI is InChI=1S/C11H19N3O4/c1-14(2)8-4-3-7-12-11(18)13-9(15)5-6-10(16)17/h5-6H,3-4,7-8H2,1-2H3,(H,16,17)(H2,12,13,15,18). The van der Waals surface area contributed by atoms with Gasteiger partial charge in [-0.2, -0.15) is 0 Å². The second-order valence-corrected chi connectivity index (χ2v) is 3.93. The fourth-order valence-corrected chi connectivity index (χ4v) is 1.10. The fourth-order valence-electron chi connectivity index (χ4n) is 1.10. The zero-order valence-electron chi connectivity index (χ0n) is 10.6. The van der Waals surface area contributed by atoms with Crippen molar-refractivity contribution < 1.29 is 19.5 Å². The Morgan fingerprint density at radius 1 is 1.17 bits per heavy atom. The van der Waals surface area contributed by atoms with Gasteiger partial charge in [-0.1, -0.05) is 0 Å². The number of rotatable bonds is 7. The molecular weight excluding hydrogens is 238 g/mol. The number of amides is 3. The summed E-state index contributed by atoms with van der Waals surface area (Å²) in [6, 6.07) is -0.625. The molecular formula is C11H19N3O4. The van der Waals surface area contributed by atoms with Gasteiger partial charge in [-0.05, 0) is 33.5 Å². The summed E-state index contributed by atoms with van der Waals surface area (Å²) in [4.78, 5) is 34.3. The van der Waals surface area contributed by atoms with E-state index in [-0.39, 0.29) is 0 Å². The van der Waals surface area contributed by atoms with Gasteiger partial charge < -0.3 is 15.3 Å². The van der Waals surface area contributed by atoms with Gasteiger partial charge in [0.2, 0.25) is 0 Å². The number of aliphatic carboxylic acids is 1. The molecule has 0 aliphatic carbocycles. The van der Waals surface area contributed by atoms with Crippen LogP contribution in [-0.4, -0.2) is 55.1 Å². The first-order valence-electron chi connectivity index (χ1n) is 5.56. The molecule has 0 heterocycles. The van der Waals surface area contributed by atoms with Crippen molar-refractivity contribution in [1.82, 2.24) is 15.5 Å². The van der Waals surface area contributed by atoms with Crippen molar-refractivity contribution in [2.45, 2.75) is 12.8 Å². The monoisotopic (exact) mass is 257 g/mol. The van der Waals surface area contributed by atoms with Gasteiger partial charge in [0.05, 0.1) is 0 Å². The van der Waals surface area contributed by atoms with E-state index in [2.05, 4.69) is 5.32 Å². The van der Waals surface area contributed by atoms with Crippen molar-refractivity contribution in [2.75, 3.05) is 27.2 Å². The van der Waals surface area contributed by atoms with E-state index in [0.29, 0.717) is 12.6 Å². The normalized spacial score (nSPS) is 10.6. The van der Waals surface area contributed by atoms with Crippen LogP contribution in [0.2, 0.25) is 0 Å². The summed E-state index contributed by atoms with van der Waals surface area (Å²) in [5.74, 6) is -2.00. The Bertz CT molecular complexity index is 326. The molecule has 0 saturated heterocycles. The highest BCUT2D eigenvalue weighted by molar-refractivity contribution is 6.02. The Morgan fingerprint density at radius 2 is 1.83 bits per heavy atom. The van der Waals surface area contributed by atoms with Crippen LogP contribution < -0.4 is 10.6 Å². The van der Waals surface area contributed by atoms with E-state index in [1.165, 1.54) is 0 Å². The zero-order valence-corrected chi connectivity index (χ0v) is 10.6. The van der Waals surface area contributed by atoms with Crippen LogP contribution in [0.3, 0.4) is 0 Å². The number of carbonyl (C=O) groups is 3.